The number of rotatable bonds is 2. The van der Waals surface area contributed by atoms with Gasteiger partial charge in [-0.15, -0.1) is 0 Å². The zero-order chi connectivity index (χ0) is 15.0. The van der Waals surface area contributed by atoms with E-state index >= 15 is 0 Å². The number of aryl methyl sites for hydroxylation is 1. The van der Waals surface area contributed by atoms with E-state index in [1.54, 1.807) is 0 Å². The predicted octanol–water partition coefficient (Wildman–Crippen LogP) is 2.57. The highest BCUT2D eigenvalue weighted by Crippen LogP contribution is 2.36. The quantitative estimate of drug-likeness (QED) is 0.904. The smallest absolute Gasteiger partial charge is 0.135 e. The number of para-hydroxylation sites is 1. The molecule has 110 valence electrons. The Balaban J connectivity index is 2.11. The Hall–Kier alpha value is -2.07. The molecule has 1 atom stereocenters. The molecule has 4 nitrogen and oxygen atoms in total. The van der Waals surface area contributed by atoms with Crippen LogP contribution >= 0.6 is 0 Å². The van der Waals surface area contributed by atoms with Crippen molar-refractivity contribution in [3.63, 3.8) is 0 Å². The number of amidine groups is 1. The van der Waals surface area contributed by atoms with Crippen molar-refractivity contribution in [1.82, 2.24) is 15.1 Å². The molecule has 0 amide bonds. The topological polar surface area (TPSA) is 30.9 Å². The molecule has 0 bridgehead atoms. The molecule has 3 rings (SSSR count). The Morgan fingerprint density at radius 2 is 2.10 bits per heavy atom. The van der Waals surface area contributed by atoms with Gasteiger partial charge >= 0.3 is 0 Å². The van der Waals surface area contributed by atoms with Gasteiger partial charge in [-0.25, -0.2) is 4.99 Å². The molecule has 1 unspecified atom stereocenters. The minimum absolute atomic E-state index is 0.157. The molecule has 1 N–H and O–H groups in total. The molecule has 1 aromatic carbocycles. The molecule has 2 aliphatic heterocycles. The summed E-state index contributed by atoms with van der Waals surface area (Å²) in [5.41, 5.74) is 4.81. The van der Waals surface area contributed by atoms with Crippen molar-refractivity contribution in [3.8, 4) is 0 Å². The zero-order valence-electron chi connectivity index (χ0n) is 13.1. The molecule has 0 aliphatic carbocycles. The first kappa shape index (κ1) is 13.9. The first-order valence-corrected chi connectivity index (χ1v) is 7.28. The Labute approximate surface area is 126 Å². The summed E-state index contributed by atoms with van der Waals surface area (Å²) in [5, 5.41) is 3.40. The van der Waals surface area contributed by atoms with E-state index in [9.17, 15) is 0 Å². The highest BCUT2D eigenvalue weighted by Gasteiger charge is 2.29. The third kappa shape index (κ3) is 2.36. The van der Waals surface area contributed by atoms with Crippen LogP contribution < -0.4 is 5.32 Å². The molecule has 0 saturated heterocycles. The molecule has 2 aliphatic rings. The average molecular weight is 282 g/mol. The van der Waals surface area contributed by atoms with E-state index in [1.165, 1.54) is 16.7 Å². The summed E-state index contributed by atoms with van der Waals surface area (Å²) >= 11 is 0. The number of likely N-dealkylation sites (N-methyl/N-ethyl adjacent to an activating group) is 2. The van der Waals surface area contributed by atoms with E-state index < -0.39 is 0 Å². The summed E-state index contributed by atoms with van der Waals surface area (Å²) in [6, 6.07) is 6.38. The number of nitrogens with zero attached hydrogens (tertiary/aromatic N) is 3. The van der Waals surface area contributed by atoms with E-state index in [1.807, 2.05) is 7.05 Å². The second-order valence-electron chi connectivity index (χ2n) is 5.70. The molecule has 1 aromatic rings. The lowest BCUT2D eigenvalue weighted by molar-refractivity contribution is 0.324. The van der Waals surface area contributed by atoms with Crippen LogP contribution in [0.15, 0.2) is 47.1 Å². The third-order valence-electron chi connectivity index (χ3n) is 4.12. The molecule has 0 saturated carbocycles. The Kier molecular flexibility index (Phi) is 3.55. The van der Waals surface area contributed by atoms with Gasteiger partial charge in [0.25, 0.3) is 0 Å². The fourth-order valence-corrected chi connectivity index (χ4v) is 3.04. The van der Waals surface area contributed by atoms with Crippen LogP contribution in [0.3, 0.4) is 0 Å². The lowest BCUT2D eigenvalue weighted by atomic mass is 10.0. The highest BCUT2D eigenvalue weighted by atomic mass is 15.3. The van der Waals surface area contributed by atoms with Gasteiger partial charge in [0, 0.05) is 31.8 Å². The lowest BCUT2D eigenvalue weighted by Crippen LogP contribution is -2.42. The van der Waals surface area contributed by atoms with E-state index in [0.29, 0.717) is 0 Å². The summed E-state index contributed by atoms with van der Waals surface area (Å²) in [6.45, 7) is 3.01. The van der Waals surface area contributed by atoms with Gasteiger partial charge in [0.2, 0.25) is 0 Å². The van der Waals surface area contributed by atoms with Crippen LogP contribution in [-0.4, -0.2) is 43.3 Å². The summed E-state index contributed by atoms with van der Waals surface area (Å²) in [6.07, 6.45) is 6.48. The summed E-state index contributed by atoms with van der Waals surface area (Å²) in [4.78, 5) is 9.35. The number of hydrogen-bond acceptors (Lipinski definition) is 4. The van der Waals surface area contributed by atoms with E-state index in [-0.39, 0.29) is 6.17 Å². The van der Waals surface area contributed by atoms with Crippen molar-refractivity contribution in [2.24, 2.45) is 4.99 Å². The van der Waals surface area contributed by atoms with Crippen LogP contribution in [0.4, 0.5) is 5.69 Å². The largest absolute Gasteiger partial charge is 0.376 e. The van der Waals surface area contributed by atoms with Gasteiger partial charge in [-0.3, -0.25) is 5.32 Å². The minimum Gasteiger partial charge on any atom is -0.376 e. The number of benzene rings is 1. The van der Waals surface area contributed by atoms with Crippen LogP contribution in [0.2, 0.25) is 0 Å². The maximum Gasteiger partial charge on any atom is 0.135 e. The lowest BCUT2D eigenvalue weighted by Gasteiger charge is -2.37. The standard InChI is InChI=1S/C17H22N4/c1-12-7-5-9-14-15(12)19-16(21(4)17(14)18-2)13-8-6-10-20(3)11-13/h5-10,17-18H,11H2,1-4H3. The van der Waals surface area contributed by atoms with Crippen LogP contribution in [0, 0.1) is 6.92 Å². The van der Waals surface area contributed by atoms with Crippen molar-refractivity contribution >= 4 is 11.5 Å². The van der Waals surface area contributed by atoms with Gasteiger partial charge < -0.3 is 9.80 Å². The predicted molar refractivity (Wildman–Crippen MR) is 87.7 cm³/mol. The van der Waals surface area contributed by atoms with Crippen molar-refractivity contribution in [3.05, 3.63) is 53.3 Å². The van der Waals surface area contributed by atoms with E-state index in [0.717, 1.165) is 18.1 Å². The Bertz CT molecular complexity index is 642. The number of allylic oxidation sites excluding steroid dienone is 2. The summed E-state index contributed by atoms with van der Waals surface area (Å²) < 4.78 is 0. The first-order chi connectivity index (χ1) is 10.1. The second-order valence-corrected chi connectivity index (χ2v) is 5.70. The fraction of sp³-hybridized carbons (Fsp3) is 0.353. The summed E-state index contributed by atoms with van der Waals surface area (Å²) in [5.74, 6) is 1.05. The maximum absolute atomic E-state index is 4.96. The number of nitrogens with one attached hydrogen (secondary N) is 1. The van der Waals surface area contributed by atoms with Gasteiger partial charge in [-0.05, 0) is 31.8 Å². The molecule has 4 heteroatoms. The van der Waals surface area contributed by atoms with Crippen molar-refractivity contribution in [2.45, 2.75) is 13.1 Å². The monoisotopic (exact) mass is 282 g/mol. The summed E-state index contributed by atoms with van der Waals surface area (Å²) in [7, 11) is 6.18. The highest BCUT2D eigenvalue weighted by molar-refractivity contribution is 6.02. The molecule has 21 heavy (non-hydrogen) atoms. The van der Waals surface area contributed by atoms with Gasteiger partial charge in [0.1, 0.15) is 12.0 Å². The zero-order valence-corrected chi connectivity index (χ0v) is 13.1. The van der Waals surface area contributed by atoms with Gasteiger partial charge in [-0.2, -0.15) is 0 Å². The molecule has 0 radical (unpaired) electrons. The number of aliphatic imine (C=N–C) groups is 1. The molecule has 2 heterocycles. The van der Waals surface area contributed by atoms with E-state index in [2.05, 4.69) is 72.7 Å². The number of fused-ring (bicyclic) bond motifs is 1. The fourth-order valence-electron chi connectivity index (χ4n) is 3.04. The second kappa shape index (κ2) is 5.37. The Morgan fingerprint density at radius 3 is 2.81 bits per heavy atom. The van der Waals surface area contributed by atoms with Crippen LogP contribution in [0.1, 0.15) is 17.3 Å². The van der Waals surface area contributed by atoms with Gasteiger partial charge in [0.15, 0.2) is 0 Å². The van der Waals surface area contributed by atoms with Crippen LogP contribution in [-0.2, 0) is 0 Å². The molecular formula is C17H22N4. The SMILES string of the molecule is CNC1c2cccc(C)c2N=C(C2=CC=CN(C)C2)N1C. The number of hydrogen-bond donors (Lipinski definition) is 1. The first-order valence-electron chi connectivity index (χ1n) is 7.28. The van der Waals surface area contributed by atoms with Crippen molar-refractivity contribution in [1.29, 1.82) is 0 Å². The van der Waals surface area contributed by atoms with Crippen molar-refractivity contribution < 1.29 is 0 Å². The average Bonchev–Trinajstić information content (AvgIpc) is 2.47. The Morgan fingerprint density at radius 1 is 1.29 bits per heavy atom. The van der Waals surface area contributed by atoms with Gasteiger partial charge in [0.05, 0.1) is 5.69 Å². The van der Waals surface area contributed by atoms with Crippen LogP contribution in [0.5, 0.6) is 0 Å². The molecule has 0 spiro atoms. The normalized spacial score (nSPS) is 21.0. The maximum atomic E-state index is 4.96. The molecule has 0 fully saturated rings. The molecule has 0 aromatic heterocycles. The van der Waals surface area contributed by atoms with Crippen molar-refractivity contribution in [2.75, 3.05) is 27.7 Å². The van der Waals surface area contributed by atoms with Gasteiger partial charge in [-0.1, -0.05) is 24.3 Å². The minimum atomic E-state index is 0.157. The molecular weight excluding hydrogens is 260 g/mol. The van der Waals surface area contributed by atoms with Crippen LogP contribution in [0.25, 0.3) is 0 Å². The van der Waals surface area contributed by atoms with E-state index in [4.69, 9.17) is 4.99 Å². The third-order valence-corrected chi connectivity index (χ3v) is 4.12.